The molecule has 152 valence electrons. The average Bonchev–Trinajstić information content (AvgIpc) is 3.30. The molecule has 0 radical (unpaired) electrons. The first kappa shape index (κ1) is 20.9. The number of likely N-dealkylation sites (tertiary alicyclic amines) is 1. The topological polar surface area (TPSA) is 74.7 Å². The Balaban J connectivity index is 1.51. The number of aryl methyl sites for hydroxylation is 1. The zero-order valence-electron chi connectivity index (χ0n) is 15.8. The van der Waals surface area contributed by atoms with Crippen molar-refractivity contribution in [1.29, 1.82) is 0 Å². The number of ketones is 1. The number of carbonyl (C=O) groups excluding carboxylic acids is 2. The van der Waals surface area contributed by atoms with E-state index in [1.165, 1.54) is 29.5 Å². The molecule has 1 aliphatic heterocycles. The minimum absolute atomic E-state index is 0.0723. The number of benzene rings is 1. The van der Waals surface area contributed by atoms with Crippen molar-refractivity contribution in [1.82, 2.24) is 4.90 Å². The van der Waals surface area contributed by atoms with Gasteiger partial charge in [-0.1, -0.05) is 18.2 Å². The molecule has 2 heterocycles. The van der Waals surface area contributed by atoms with E-state index >= 15 is 0 Å². The summed E-state index contributed by atoms with van der Waals surface area (Å²) in [4.78, 5) is 38.4. The SMILES string of the molecule is O=C(C=C[C@H]1CCC(=O)N1CCCc1ccc(C(=O)O)s1)Cc1ccc(F)cc1. The van der Waals surface area contributed by atoms with Gasteiger partial charge < -0.3 is 10.0 Å². The highest BCUT2D eigenvalue weighted by molar-refractivity contribution is 7.13. The molecule has 1 amide bonds. The Morgan fingerprint density at radius 1 is 1.21 bits per heavy atom. The molecule has 0 saturated carbocycles. The number of rotatable bonds is 9. The summed E-state index contributed by atoms with van der Waals surface area (Å²) in [6, 6.07) is 9.15. The van der Waals surface area contributed by atoms with Crippen LogP contribution < -0.4 is 0 Å². The molecule has 1 aliphatic rings. The van der Waals surface area contributed by atoms with Gasteiger partial charge in [0.25, 0.3) is 0 Å². The summed E-state index contributed by atoms with van der Waals surface area (Å²) in [6.07, 6.45) is 6.08. The molecule has 1 N–H and O–H groups in total. The zero-order chi connectivity index (χ0) is 20.8. The van der Waals surface area contributed by atoms with E-state index < -0.39 is 5.97 Å². The van der Waals surface area contributed by atoms with Crippen molar-refractivity contribution in [2.75, 3.05) is 6.54 Å². The van der Waals surface area contributed by atoms with Gasteiger partial charge in [0.1, 0.15) is 10.7 Å². The lowest BCUT2D eigenvalue weighted by Crippen LogP contribution is -2.33. The predicted molar refractivity (Wildman–Crippen MR) is 109 cm³/mol. The van der Waals surface area contributed by atoms with E-state index in [0.29, 0.717) is 30.7 Å². The van der Waals surface area contributed by atoms with Crippen LogP contribution >= 0.6 is 11.3 Å². The van der Waals surface area contributed by atoms with E-state index in [2.05, 4.69) is 0 Å². The standard InChI is InChI=1S/C22H22FNO4S/c23-16-5-3-15(4-6-16)14-18(25)9-7-17-8-12-21(26)24(17)13-1-2-19-10-11-20(29-19)22(27)28/h3-7,9-11,17H,1-2,8,12-14H2,(H,27,28)/t17-/m0/s1. The maximum atomic E-state index is 12.9. The minimum atomic E-state index is -0.925. The number of carboxylic acids is 1. The molecular formula is C22H22FNO4S. The first-order valence-corrected chi connectivity index (χ1v) is 10.3. The van der Waals surface area contributed by atoms with Crippen molar-refractivity contribution in [2.24, 2.45) is 0 Å². The second-order valence-corrected chi connectivity index (χ2v) is 8.16. The Kier molecular flexibility index (Phi) is 6.93. The molecule has 0 spiro atoms. The number of halogens is 1. The molecule has 3 rings (SSSR count). The van der Waals surface area contributed by atoms with Crippen molar-refractivity contribution in [3.8, 4) is 0 Å². The lowest BCUT2D eigenvalue weighted by Gasteiger charge is -2.22. The van der Waals surface area contributed by atoms with Crippen LogP contribution in [0.4, 0.5) is 4.39 Å². The quantitative estimate of drug-likeness (QED) is 0.631. The number of carbonyl (C=O) groups is 3. The number of amides is 1. The van der Waals surface area contributed by atoms with Gasteiger partial charge in [0.2, 0.25) is 5.91 Å². The lowest BCUT2D eigenvalue weighted by molar-refractivity contribution is -0.128. The van der Waals surface area contributed by atoms with Gasteiger partial charge in [-0.25, -0.2) is 9.18 Å². The number of nitrogens with zero attached hydrogens (tertiary/aromatic N) is 1. The van der Waals surface area contributed by atoms with Crippen molar-refractivity contribution < 1.29 is 23.9 Å². The number of aromatic carboxylic acids is 1. The summed E-state index contributed by atoms with van der Waals surface area (Å²) < 4.78 is 12.9. The second-order valence-electron chi connectivity index (χ2n) is 7.00. The summed E-state index contributed by atoms with van der Waals surface area (Å²) in [6.45, 7) is 0.570. The smallest absolute Gasteiger partial charge is 0.345 e. The minimum Gasteiger partial charge on any atom is -0.477 e. The van der Waals surface area contributed by atoms with E-state index in [4.69, 9.17) is 5.11 Å². The summed E-state index contributed by atoms with van der Waals surface area (Å²) in [5.74, 6) is -1.27. The fourth-order valence-corrected chi connectivity index (χ4v) is 4.27. The van der Waals surface area contributed by atoms with Gasteiger partial charge in [-0.05, 0) is 55.2 Å². The molecule has 0 aliphatic carbocycles. The van der Waals surface area contributed by atoms with Gasteiger partial charge in [-0.2, -0.15) is 0 Å². The van der Waals surface area contributed by atoms with Gasteiger partial charge in [0, 0.05) is 24.3 Å². The third kappa shape index (κ3) is 5.84. The Hall–Kier alpha value is -2.80. The van der Waals surface area contributed by atoms with E-state index in [9.17, 15) is 18.8 Å². The van der Waals surface area contributed by atoms with Gasteiger partial charge in [-0.3, -0.25) is 9.59 Å². The molecule has 0 bridgehead atoms. The van der Waals surface area contributed by atoms with Crippen LogP contribution in [0, 0.1) is 5.82 Å². The maximum absolute atomic E-state index is 12.9. The predicted octanol–water partition coefficient (Wildman–Crippen LogP) is 3.88. The first-order chi connectivity index (χ1) is 13.9. The van der Waals surface area contributed by atoms with Crippen LogP contribution in [0.3, 0.4) is 0 Å². The first-order valence-electron chi connectivity index (χ1n) is 9.49. The Bertz CT molecular complexity index is 919. The molecule has 1 aromatic heterocycles. The van der Waals surface area contributed by atoms with E-state index in [1.54, 1.807) is 29.2 Å². The van der Waals surface area contributed by atoms with Gasteiger partial charge in [-0.15, -0.1) is 11.3 Å². The van der Waals surface area contributed by atoms with Crippen molar-refractivity contribution in [2.45, 2.75) is 38.1 Å². The summed E-state index contributed by atoms with van der Waals surface area (Å²) in [5, 5.41) is 8.98. The van der Waals surface area contributed by atoms with Crippen LogP contribution in [0.1, 0.15) is 39.4 Å². The Labute approximate surface area is 172 Å². The zero-order valence-corrected chi connectivity index (χ0v) is 16.7. The molecule has 5 nitrogen and oxygen atoms in total. The van der Waals surface area contributed by atoms with E-state index in [-0.39, 0.29) is 30.0 Å². The molecule has 1 aromatic carbocycles. The number of thiophene rings is 1. The number of allylic oxidation sites excluding steroid dienone is 1. The molecule has 1 fully saturated rings. The van der Waals surface area contributed by atoms with Crippen LogP contribution in [-0.2, 0) is 22.4 Å². The summed E-state index contributed by atoms with van der Waals surface area (Å²) >= 11 is 1.26. The lowest BCUT2D eigenvalue weighted by atomic mass is 10.1. The molecule has 1 atom stereocenters. The molecule has 1 saturated heterocycles. The van der Waals surface area contributed by atoms with Crippen LogP contribution in [-0.4, -0.2) is 40.3 Å². The van der Waals surface area contributed by atoms with Crippen molar-refractivity contribution >= 4 is 29.0 Å². The van der Waals surface area contributed by atoms with Crippen LogP contribution in [0.25, 0.3) is 0 Å². The highest BCUT2D eigenvalue weighted by Crippen LogP contribution is 2.22. The highest BCUT2D eigenvalue weighted by Gasteiger charge is 2.28. The maximum Gasteiger partial charge on any atom is 0.345 e. The van der Waals surface area contributed by atoms with Gasteiger partial charge >= 0.3 is 5.97 Å². The molecular weight excluding hydrogens is 393 g/mol. The molecule has 29 heavy (non-hydrogen) atoms. The average molecular weight is 415 g/mol. The van der Waals surface area contributed by atoms with Crippen molar-refractivity contribution in [3.05, 3.63) is 69.7 Å². The van der Waals surface area contributed by atoms with E-state index in [0.717, 1.165) is 16.9 Å². The molecule has 0 unspecified atom stereocenters. The third-order valence-electron chi connectivity index (χ3n) is 4.87. The Morgan fingerprint density at radius 2 is 1.97 bits per heavy atom. The number of hydrogen-bond donors (Lipinski definition) is 1. The molecule has 2 aromatic rings. The normalized spacial score (nSPS) is 16.7. The number of hydrogen-bond acceptors (Lipinski definition) is 4. The summed E-state index contributed by atoms with van der Waals surface area (Å²) in [7, 11) is 0. The van der Waals surface area contributed by atoms with Gasteiger partial charge in [0.15, 0.2) is 5.78 Å². The monoisotopic (exact) mass is 415 g/mol. The fraction of sp³-hybridized carbons (Fsp3) is 0.318. The van der Waals surface area contributed by atoms with Crippen LogP contribution in [0.2, 0.25) is 0 Å². The van der Waals surface area contributed by atoms with Crippen molar-refractivity contribution in [3.63, 3.8) is 0 Å². The third-order valence-corrected chi connectivity index (χ3v) is 6.00. The van der Waals surface area contributed by atoms with Crippen LogP contribution in [0.15, 0.2) is 48.6 Å². The van der Waals surface area contributed by atoms with Gasteiger partial charge in [0.05, 0.1) is 6.04 Å². The molecule has 7 heteroatoms. The summed E-state index contributed by atoms with van der Waals surface area (Å²) in [5.41, 5.74) is 0.747. The van der Waals surface area contributed by atoms with Crippen LogP contribution in [0.5, 0.6) is 0 Å². The largest absolute Gasteiger partial charge is 0.477 e. The highest BCUT2D eigenvalue weighted by atomic mass is 32.1. The number of carboxylic acid groups (broad SMARTS) is 1. The fourth-order valence-electron chi connectivity index (χ4n) is 3.38. The second kappa shape index (κ2) is 9.60. The Morgan fingerprint density at radius 3 is 2.66 bits per heavy atom. The van der Waals surface area contributed by atoms with E-state index in [1.807, 2.05) is 6.07 Å².